The number of hydrogen-bond donors (Lipinski definition) is 0. The lowest BCUT2D eigenvalue weighted by molar-refractivity contribution is -0.926. The van der Waals surface area contributed by atoms with Gasteiger partial charge in [0.25, 0.3) is 0 Å². The number of rotatable bonds is 3. The molecule has 0 saturated heterocycles. The van der Waals surface area contributed by atoms with E-state index in [1.54, 1.807) is 11.1 Å². The molecule has 1 aliphatic heterocycles. The van der Waals surface area contributed by atoms with E-state index >= 15 is 0 Å². The first-order chi connectivity index (χ1) is 10.4. The molecule has 0 aliphatic carbocycles. The maximum absolute atomic E-state index is 2.50. The summed E-state index contributed by atoms with van der Waals surface area (Å²) >= 11 is 0. The molecule has 2 atom stereocenters. The maximum atomic E-state index is 2.50. The molecule has 22 heavy (non-hydrogen) atoms. The Hall–Kier alpha value is -1.38. The van der Waals surface area contributed by atoms with Gasteiger partial charge in [0.15, 0.2) is 0 Å². The summed E-state index contributed by atoms with van der Waals surface area (Å²) in [6.07, 6.45) is 2.54. The molecule has 2 aromatic carbocycles. The van der Waals surface area contributed by atoms with E-state index in [9.17, 15) is 0 Å². The van der Waals surface area contributed by atoms with E-state index in [4.69, 9.17) is 0 Å². The molecular weight excluding hydrogens is 282 g/mol. The number of quaternary nitrogens is 1. The van der Waals surface area contributed by atoms with Gasteiger partial charge in [-0.15, -0.1) is 0 Å². The van der Waals surface area contributed by atoms with Crippen LogP contribution in [0.5, 0.6) is 0 Å². The first-order valence-corrected chi connectivity index (χ1v) is 12.1. The van der Waals surface area contributed by atoms with Gasteiger partial charge in [0.1, 0.15) is 14.1 Å². The highest BCUT2D eigenvalue weighted by atomic mass is 28.3. The number of fused-ring (bicyclic) bond motifs is 1. The molecule has 2 aromatic rings. The zero-order valence-electron chi connectivity index (χ0n) is 14.3. The molecular formula is C20H28NSi+. The topological polar surface area (TPSA) is 0 Å². The zero-order chi connectivity index (χ0) is 15.8. The van der Waals surface area contributed by atoms with Gasteiger partial charge in [-0.05, 0) is 5.56 Å². The first-order valence-electron chi connectivity index (χ1n) is 8.36. The normalized spacial score (nSPS) is 24.8. The molecule has 3 rings (SSSR count). The molecule has 0 saturated carbocycles. The van der Waals surface area contributed by atoms with Gasteiger partial charge in [-0.25, -0.2) is 0 Å². The minimum Gasteiger partial charge on any atom is -0.319 e. The summed E-state index contributed by atoms with van der Waals surface area (Å²) in [5.41, 5.74) is 4.55. The number of hydrogen-bond acceptors (Lipinski definition) is 0. The van der Waals surface area contributed by atoms with Gasteiger partial charge < -0.3 is 4.48 Å². The van der Waals surface area contributed by atoms with Gasteiger partial charge >= 0.3 is 0 Å². The van der Waals surface area contributed by atoms with Crippen molar-refractivity contribution in [3.8, 4) is 0 Å². The molecule has 0 spiro atoms. The third kappa shape index (κ3) is 3.04. The molecule has 1 nitrogen and oxygen atoms in total. The summed E-state index contributed by atoms with van der Waals surface area (Å²) in [7, 11) is 1.34. The van der Waals surface area contributed by atoms with Crippen LogP contribution in [0.3, 0.4) is 0 Å². The highest BCUT2D eigenvalue weighted by Crippen LogP contribution is 2.40. The van der Waals surface area contributed by atoms with E-state index < -0.39 is 8.07 Å². The first kappa shape index (κ1) is 15.5. The minimum atomic E-state index is -1.14. The molecule has 0 amide bonds. The van der Waals surface area contributed by atoms with Crippen molar-refractivity contribution >= 4 is 8.07 Å². The summed E-state index contributed by atoms with van der Waals surface area (Å²) in [5, 5.41) is 0. The summed E-state index contributed by atoms with van der Waals surface area (Å²) in [4.78, 5) is 0. The second-order valence-electron chi connectivity index (χ2n) is 8.18. The van der Waals surface area contributed by atoms with Crippen molar-refractivity contribution in [1.82, 2.24) is 0 Å². The highest BCUT2D eigenvalue weighted by molar-refractivity contribution is 6.76. The summed E-state index contributed by atoms with van der Waals surface area (Å²) in [6.45, 7) is 8.75. The zero-order valence-corrected chi connectivity index (χ0v) is 15.3. The lowest BCUT2D eigenvalue weighted by Crippen LogP contribution is -2.58. The highest BCUT2D eigenvalue weighted by Gasteiger charge is 2.42. The maximum Gasteiger partial charge on any atom is 0.140 e. The molecule has 116 valence electrons. The van der Waals surface area contributed by atoms with Gasteiger partial charge in [0, 0.05) is 17.5 Å². The molecule has 0 unspecified atom stereocenters. The number of benzene rings is 2. The Balaban J connectivity index is 2.12. The van der Waals surface area contributed by atoms with Crippen molar-refractivity contribution in [1.29, 1.82) is 0 Å². The second kappa shape index (κ2) is 5.67. The van der Waals surface area contributed by atoms with Crippen molar-refractivity contribution in [3.05, 3.63) is 71.3 Å². The molecule has 0 N–H and O–H groups in total. The quantitative estimate of drug-likeness (QED) is 0.571. The lowest BCUT2D eigenvalue weighted by atomic mass is 9.87. The van der Waals surface area contributed by atoms with Gasteiger partial charge in [-0.1, -0.05) is 74.2 Å². The van der Waals surface area contributed by atoms with Crippen LogP contribution in [0.4, 0.5) is 0 Å². The largest absolute Gasteiger partial charge is 0.319 e. The van der Waals surface area contributed by atoms with Crippen LogP contribution in [0.25, 0.3) is 0 Å². The molecule has 1 aliphatic rings. The predicted molar refractivity (Wildman–Crippen MR) is 97.7 cm³/mol. The fraction of sp³-hybridized carbons (Fsp3) is 0.400. The van der Waals surface area contributed by atoms with E-state index in [2.05, 4.69) is 81.3 Å². The van der Waals surface area contributed by atoms with Crippen LogP contribution in [-0.2, 0) is 6.42 Å². The Labute approximate surface area is 136 Å². The van der Waals surface area contributed by atoms with Crippen LogP contribution in [0.15, 0.2) is 54.6 Å². The monoisotopic (exact) mass is 310 g/mol. The van der Waals surface area contributed by atoms with Crippen LogP contribution in [-0.4, -0.2) is 32.3 Å². The van der Waals surface area contributed by atoms with E-state index in [1.807, 2.05) is 0 Å². The van der Waals surface area contributed by atoms with Crippen molar-refractivity contribution in [2.45, 2.75) is 32.1 Å². The number of likely N-dealkylation sites (N-methyl/N-ethyl adjacent to an activating group) is 1. The van der Waals surface area contributed by atoms with Crippen molar-refractivity contribution in [2.24, 2.45) is 0 Å². The second-order valence-corrected chi connectivity index (χ2v) is 13.6. The van der Waals surface area contributed by atoms with Gasteiger partial charge in [0.05, 0.1) is 19.8 Å². The third-order valence-electron chi connectivity index (χ3n) is 4.82. The Kier molecular flexibility index (Phi) is 4.00. The van der Waals surface area contributed by atoms with Crippen LogP contribution in [0, 0.1) is 0 Å². The Bertz CT molecular complexity index is 644. The van der Waals surface area contributed by atoms with E-state index in [0.29, 0.717) is 6.04 Å². The summed E-state index contributed by atoms with van der Waals surface area (Å²) in [5.74, 6) is 0. The fourth-order valence-electron chi connectivity index (χ4n) is 4.30. The van der Waals surface area contributed by atoms with Gasteiger partial charge in [-0.3, -0.25) is 0 Å². The standard InChI is InChI=1S/C20H28NSi/c1-21(16-22(2,3)4)15-14-17-10-8-9-13-19(17)20(21)18-11-6-5-7-12-18/h5-13,20H,14-16H2,1-4H3/q+1/t20-,21+/m0/s1. The Morgan fingerprint density at radius 1 is 0.955 bits per heavy atom. The van der Waals surface area contributed by atoms with E-state index in [0.717, 1.165) is 4.48 Å². The molecule has 0 bridgehead atoms. The average Bonchev–Trinajstić information content (AvgIpc) is 2.46. The molecule has 0 aromatic heterocycles. The molecule has 0 radical (unpaired) electrons. The molecule has 0 fully saturated rings. The van der Waals surface area contributed by atoms with Crippen LogP contribution in [0.1, 0.15) is 22.7 Å². The van der Waals surface area contributed by atoms with Crippen molar-refractivity contribution in [3.63, 3.8) is 0 Å². The predicted octanol–water partition coefficient (Wildman–Crippen LogP) is 4.66. The molecule has 1 heterocycles. The smallest absolute Gasteiger partial charge is 0.140 e. The average molecular weight is 311 g/mol. The van der Waals surface area contributed by atoms with E-state index in [1.165, 1.54) is 24.7 Å². The van der Waals surface area contributed by atoms with Crippen molar-refractivity contribution in [2.75, 3.05) is 19.8 Å². The lowest BCUT2D eigenvalue weighted by Gasteiger charge is -2.48. The van der Waals surface area contributed by atoms with Crippen LogP contribution >= 0.6 is 0 Å². The Morgan fingerprint density at radius 2 is 1.59 bits per heavy atom. The Morgan fingerprint density at radius 3 is 2.27 bits per heavy atom. The van der Waals surface area contributed by atoms with Gasteiger partial charge in [-0.2, -0.15) is 0 Å². The summed E-state index contributed by atoms with van der Waals surface area (Å²) < 4.78 is 1.16. The van der Waals surface area contributed by atoms with Crippen molar-refractivity contribution < 1.29 is 4.48 Å². The van der Waals surface area contributed by atoms with Crippen LogP contribution in [0.2, 0.25) is 19.6 Å². The third-order valence-corrected chi connectivity index (χ3v) is 6.49. The minimum absolute atomic E-state index is 0.484. The van der Waals surface area contributed by atoms with E-state index in [-0.39, 0.29) is 0 Å². The number of nitrogens with zero attached hydrogens (tertiary/aromatic N) is 1. The fourth-order valence-corrected chi connectivity index (χ4v) is 6.81. The molecule has 2 heteroatoms. The van der Waals surface area contributed by atoms with Crippen LogP contribution < -0.4 is 0 Å². The SMILES string of the molecule is C[N@+]1(C[Si](C)(C)C)CCc2ccccc2[C@@H]1c1ccccc1. The van der Waals surface area contributed by atoms with Gasteiger partial charge in [0.2, 0.25) is 0 Å². The summed E-state index contributed by atoms with van der Waals surface area (Å²) in [6, 6.07) is 20.7.